The van der Waals surface area contributed by atoms with Crippen molar-refractivity contribution in [1.29, 1.82) is 0 Å². The van der Waals surface area contributed by atoms with E-state index in [0.717, 1.165) is 24.3 Å². The number of phenols is 1. The van der Waals surface area contributed by atoms with Gasteiger partial charge in [-0.1, -0.05) is 27.7 Å². The molecule has 1 aromatic carbocycles. The summed E-state index contributed by atoms with van der Waals surface area (Å²) >= 11 is -0.826. The van der Waals surface area contributed by atoms with E-state index in [1.807, 2.05) is 12.1 Å². The van der Waals surface area contributed by atoms with Crippen molar-refractivity contribution < 1.29 is 30.7 Å². The summed E-state index contributed by atoms with van der Waals surface area (Å²) in [5.41, 5.74) is 1.46. The average molecular weight is 411 g/mol. The van der Waals surface area contributed by atoms with E-state index in [4.69, 9.17) is 21.8 Å². The van der Waals surface area contributed by atoms with Crippen molar-refractivity contribution in [2.45, 2.75) is 39.5 Å². The molecule has 0 aromatic heterocycles. The third-order valence-corrected chi connectivity index (χ3v) is 2.74. The van der Waals surface area contributed by atoms with Gasteiger partial charge in [-0.25, -0.2) is 0 Å². The second-order valence-corrected chi connectivity index (χ2v) is 9.20. The van der Waals surface area contributed by atoms with Crippen LogP contribution in [-0.2, 0) is 26.3 Å². The zero-order valence-electron chi connectivity index (χ0n) is 13.2. The molecular formula is C15H23Cl2NO2Zr. The maximum atomic E-state index is 10.3. The number of nitrogens with zero attached hydrogens (tertiary/aromatic N) is 1. The van der Waals surface area contributed by atoms with Crippen LogP contribution in [0.5, 0.6) is 11.5 Å². The van der Waals surface area contributed by atoms with Gasteiger partial charge in [0.05, 0.1) is 7.11 Å². The molecule has 0 saturated carbocycles. The van der Waals surface area contributed by atoms with E-state index in [9.17, 15) is 5.11 Å². The third kappa shape index (κ3) is 7.67. The number of hydrogen-bond donors (Lipinski definition) is 1. The standard InChI is InChI=1S/C15H23NO2.2ClH.Zr/c1-6-7-16-10-11-8-12(18-5)9-13(14(11)17)15(2,3)4;;;/h8-10,17H,6-7H2,1-5H3;2*1H;/q;;;+2/p-2. The molecule has 0 spiro atoms. The fourth-order valence-corrected chi connectivity index (χ4v) is 1.71. The Kier molecular flexibility index (Phi) is 10.6. The summed E-state index contributed by atoms with van der Waals surface area (Å²) in [5.74, 6) is 1.04. The molecule has 0 aliphatic carbocycles. The number of phenolic OH excluding ortho intramolecular Hbond substituents is 1. The van der Waals surface area contributed by atoms with Crippen molar-refractivity contribution in [3.63, 3.8) is 0 Å². The fraction of sp³-hybridized carbons (Fsp3) is 0.533. The summed E-state index contributed by atoms with van der Waals surface area (Å²) in [6.07, 6.45) is 2.71. The second-order valence-electron chi connectivity index (χ2n) is 5.47. The van der Waals surface area contributed by atoms with E-state index in [0.29, 0.717) is 11.3 Å². The third-order valence-electron chi connectivity index (χ3n) is 2.74. The van der Waals surface area contributed by atoms with Gasteiger partial charge >= 0.3 is 37.9 Å². The van der Waals surface area contributed by atoms with Crippen LogP contribution in [0.15, 0.2) is 17.1 Å². The first-order valence-electron chi connectivity index (χ1n) is 6.69. The summed E-state index contributed by atoms with van der Waals surface area (Å²) in [6.45, 7) is 9.03. The Hall–Kier alpha value is -0.0469. The first kappa shape index (κ1) is 21.0. The maximum absolute atomic E-state index is 10.3. The number of aliphatic imine (C=N–C) groups is 1. The van der Waals surface area contributed by atoms with E-state index in [1.54, 1.807) is 13.3 Å². The van der Waals surface area contributed by atoms with Crippen LogP contribution in [-0.4, -0.2) is 25.0 Å². The predicted molar refractivity (Wildman–Crippen MR) is 87.8 cm³/mol. The molecule has 3 nitrogen and oxygen atoms in total. The van der Waals surface area contributed by atoms with Crippen LogP contribution in [0.2, 0.25) is 0 Å². The number of ether oxygens (including phenoxy) is 1. The number of halogens is 2. The summed E-state index contributed by atoms with van der Waals surface area (Å²) < 4.78 is 5.28. The fourth-order valence-electron chi connectivity index (χ4n) is 1.71. The molecule has 0 saturated heterocycles. The van der Waals surface area contributed by atoms with Gasteiger partial charge in [-0.3, -0.25) is 4.99 Å². The summed E-state index contributed by atoms with van der Waals surface area (Å²) in [6, 6.07) is 3.69. The monoisotopic (exact) mass is 409 g/mol. The molecule has 0 aliphatic rings. The minimum atomic E-state index is -0.826. The Morgan fingerprint density at radius 3 is 2.33 bits per heavy atom. The summed E-state index contributed by atoms with van der Waals surface area (Å²) in [7, 11) is 11.5. The Labute approximate surface area is 146 Å². The average Bonchev–Trinajstić information content (AvgIpc) is 2.40. The van der Waals surface area contributed by atoms with Crippen LogP contribution >= 0.6 is 17.0 Å². The van der Waals surface area contributed by atoms with E-state index < -0.39 is 20.8 Å². The predicted octanol–water partition coefficient (Wildman–Crippen LogP) is 4.90. The van der Waals surface area contributed by atoms with Crippen molar-refractivity contribution >= 4 is 23.2 Å². The normalized spacial score (nSPS) is 11.0. The van der Waals surface area contributed by atoms with Crippen molar-refractivity contribution in [2.75, 3.05) is 13.7 Å². The van der Waals surface area contributed by atoms with Gasteiger partial charge in [-0.2, -0.15) is 0 Å². The van der Waals surface area contributed by atoms with E-state index in [1.165, 1.54) is 0 Å². The zero-order chi connectivity index (χ0) is 16.5. The summed E-state index contributed by atoms with van der Waals surface area (Å²) in [5, 5.41) is 10.3. The van der Waals surface area contributed by atoms with Gasteiger partial charge in [0, 0.05) is 23.9 Å². The van der Waals surface area contributed by atoms with Gasteiger partial charge < -0.3 is 9.84 Å². The molecule has 0 unspecified atom stereocenters. The number of hydrogen-bond acceptors (Lipinski definition) is 3. The molecule has 1 N–H and O–H groups in total. The number of benzene rings is 1. The minimum absolute atomic E-state index is 0.133. The second kappa shape index (κ2) is 10.6. The molecule has 6 heteroatoms. The van der Waals surface area contributed by atoms with Crippen molar-refractivity contribution in [3.8, 4) is 11.5 Å². The van der Waals surface area contributed by atoms with Gasteiger partial charge in [0.15, 0.2) is 0 Å². The molecule has 0 fully saturated rings. The van der Waals surface area contributed by atoms with Crippen LogP contribution in [0.3, 0.4) is 0 Å². The van der Waals surface area contributed by atoms with Crippen LogP contribution in [0, 0.1) is 0 Å². The SMILES string of the molecule is CCCN=Cc1cc(OC)cc(C(C)(C)C)c1O.[Cl][Zr][Cl]. The first-order valence-corrected chi connectivity index (χ1v) is 13.0. The molecule has 1 aromatic rings. The van der Waals surface area contributed by atoms with Crippen LogP contribution < -0.4 is 4.74 Å². The van der Waals surface area contributed by atoms with E-state index in [2.05, 4.69) is 32.7 Å². The molecule has 0 atom stereocenters. The van der Waals surface area contributed by atoms with E-state index in [-0.39, 0.29) is 5.41 Å². The molecule has 0 bridgehead atoms. The van der Waals surface area contributed by atoms with Crippen LogP contribution in [0.4, 0.5) is 0 Å². The number of rotatable bonds is 4. The number of methoxy groups -OCH3 is 1. The van der Waals surface area contributed by atoms with Gasteiger partial charge in [-0.05, 0) is 24.0 Å². The molecule has 0 radical (unpaired) electrons. The molecule has 0 aliphatic heterocycles. The molecule has 0 amide bonds. The van der Waals surface area contributed by atoms with Gasteiger partial charge in [0.2, 0.25) is 0 Å². The number of aromatic hydroxyl groups is 1. The Balaban J connectivity index is 0.00000122. The summed E-state index contributed by atoms with van der Waals surface area (Å²) in [4.78, 5) is 4.28. The first-order chi connectivity index (χ1) is 9.81. The van der Waals surface area contributed by atoms with Crippen LogP contribution in [0.1, 0.15) is 45.2 Å². The topological polar surface area (TPSA) is 41.8 Å². The Morgan fingerprint density at radius 1 is 1.33 bits per heavy atom. The van der Waals surface area contributed by atoms with Crippen LogP contribution in [0.25, 0.3) is 0 Å². The van der Waals surface area contributed by atoms with Crippen molar-refractivity contribution in [1.82, 2.24) is 0 Å². The quantitative estimate of drug-likeness (QED) is 0.716. The molecular weight excluding hydrogens is 388 g/mol. The molecule has 1 rings (SSSR count). The Bertz CT molecular complexity index is 460. The van der Waals surface area contributed by atoms with E-state index >= 15 is 0 Å². The van der Waals surface area contributed by atoms with Gasteiger partial charge in [-0.15, -0.1) is 0 Å². The Morgan fingerprint density at radius 2 is 1.90 bits per heavy atom. The van der Waals surface area contributed by atoms with Gasteiger partial charge in [0.25, 0.3) is 0 Å². The van der Waals surface area contributed by atoms with Gasteiger partial charge in [0.1, 0.15) is 11.5 Å². The van der Waals surface area contributed by atoms with Crippen molar-refractivity contribution in [3.05, 3.63) is 23.3 Å². The van der Waals surface area contributed by atoms with Crippen molar-refractivity contribution in [2.24, 2.45) is 4.99 Å². The molecule has 0 heterocycles. The molecule has 118 valence electrons. The molecule has 21 heavy (non-hydrogen) atoms. The zero-order valence-corrected chi connectivity index (χ0v) is 17.2.